The van der Waals surface area contributed by atoms with Crippen LogP contribution in [0.3, 0.4) is 0 Å². The Kier molecular flexibility index (Phi) is 18.2. The van der Waals surface area contributed by atoms with E-state index in [4.69, 9.17) is 30.2 Å². The van der Waals surface area contributed by atoms with Crippen molar-refractivity contribution < 1.29 is 38.0 Å². The maximum absolute atomic E-state index is 14.6. The quantitative estimate of drug-likeness (QED) is 0.0653. The van der Waals surface area contributed by atoms with E-state index in [9.17, 15) is 19.2 Å². The number of benzene rings is 1. The van der Waals surface area contributed by atoms with Gasteiger partial charge in [0.1, 0.15) is 36.2 Å². The predicted octanol–water partition coefficient (Wildman–Crippen LogP) is 6.28. The fourth-order valence-electron chi connectivity index (χ4n) is 11.2. The lowest BCUT2D eigenvalue weighted by Crippen LogP contribution is -2.65. The molecule has 7 rings (SSSR count). The number of ether oxygens (including phenoxy) is 2. The Hall–Kier alpha value is -3.92. The first-order valence-electron chi connectivity index (χ1n) is 25.4. The second-order valence-corrected chi connectivity index (χ2v) is 20.5. The Morgan fingerprint density at radius 3 is 2.26 bits per heavy atom. The number of carbonyl (C=O) groups excluding carboxylic acids is 4. The van der Waals surface area contributed by atoms with Crippen LogP contribution in [0.25, 0.3) is 5.57 Å². The molecule has 14 nitrogen and oxygen atoms in total. The third-order valence-corrected chi connectivity index (χ3v) is 15.3. The van der Waals surface area contributed by atoms with Gasteiger partial charge in [-0.2, -0.15) is 0 Å². The van der Waals surface area contributed by atoms with Gasteiger partial charge in [0.05, 0.1) is 24.3 Å². The number of hydrogen-bond acceptors (Lipinski definition) is 10. The number of carbonyl (C=O) groups is 4. The van der Waals surface area contributed by atoms with Gasteiger partial charge in [-0.3, -0.25) is 19.2 Å². The summed E-state index contributed by atoms with van der Waals surface area (Å²) in [5.41, 5.74) is 14.4. The molecule has 8 atom stereocenters. The van der Waals surface area contributed by atoms with Crippen LogP contribution in [0.5, 0.6) is 5.75 Å². The first-order valence-corrected chi connectivity index (χ1v) is 25.4. The highest BCUT2D eigenvalue weighted by molar-refractivity contribution is 6.47. The van der Waals surface area contributed by atoms with Crippen molar-refractivity contribution >= 4 is 36.3 Å². The van der Waals surface area contributed by atoms with E-state index in [0.29, 0.717) is 65.9 Å². The molecule has 0 unspecified atom stereocenters. The molecular formula is C51H81BN6O8. The molecule has 2 heterocycles. The lowest BCUT2D eigenvalue weighted by molar-refractivity contribution is -0.199. The van der Waals surface area contributed by atoms with Gasteiger partial charge in [-0.15, -0.1) is 0 Å². The van der Waals surface area contributed by atoms with Crippen LogP contribution in [0.1, 0.15) is 155 Å². The molecule has 7 N–H and O–H groups in total. The van der Waals surface area contributed by atoms with Crippen molar-refractivity contribution in [2.24, 2.45) is 28.7 Å². The number of nitrogens with two attached hydrogens (primary N) is 2. The molecule has 1 aromatic carbocycles. The fourth-order valence-corrected chi connectivity index (χ4v) is 11.2. The van der Waals surface area contributed by atoms with Gasteiger partial charge in [0.2, 0.25) is 23.6 Å². The van der Waals surface area contributed by atoms with E-state index in [1.807, 2.05) is 31.2 Å². The van der Waals surface area contributed by atoms with Crippen LogP contribution in [0.4, 0.5) is 0 Å². The largest absolute Gasteiger partial charge is 0.496 e. The molecule has 6 bridgehead atoms. The zero-order valence-electron chi connectivity index (χ0n) is 41.1. The summed E-state index contributed by atoms with van der Waals surface area (Å²) in [5, 5.41) is 8.97. The molecule has 0 radical (unpaired) electrons. The molecule has 366 valence electrons. The number of amides is 4. The SMILES string of the molecule is CCCCCCCCCCCCCC(=O)N(C)[C@@H]1C(=O)N[C@@H](C)C(=O)N[C@H](C(=O)N[C@@H](C)B2O[C@@H]3C[C@@H]4C[C@@H](C4(C)C)[C@]3(C)O2)Cc2ccc(OCCN)c(c2)C2=C(OCCN)CCC1=C2. The van der Waals surface area contributed by atoms with Gasteiger partial charge in [-0.25, -0.2) is 0 Å². The van der Waals surface area contributed by atoms with Crippen LogP contribution < -0.4 is 32.2 Å². The minimum Gasteiger partial charge on any atom is -0.496 e. The molecule has 1 saturated heterocycles. The maximum Gasteiger partial charge on any atom is 0.481 e. The molecule has 4 amide bonds. The van der Waals surface area contributed by atoms with Gasteiger partial charge in [0.15, 0.2) is 0 Å². The summed E-state index contributed by atoms with van der Waals surface area (Å²) in [7, 11) is 1.01. The first kappa shape index (κ1) is 51.5. The molecule has 2 aliphatic heterocycles. The first-order chi connectivity index (χ1) is 31.6. The molecule has 0 spiro atoms. The molecule has 4 fully saturated rings. The normalized spacial score (nSPS) is 27.3. The Morgan fingerprint density at radius 2 is 1.59 bits per heavy atom. The molecule has 0 aromatic heterocycles. The minimum atomic E-state index is -1.04. The highest BCUT2D eigenvalue weighted by atomic mass is 16.7. The monoisotopic (exact) mass is 917 g/mol. The Bertz CT molecular complexity index is 1920. The van der Waals surface area contributed by atoms with Crippen LogP contribution in [0.2, 0.25) is 0 Å². The number of nitrogens with one attached hydrogen (secondary N) is 3. The standard InChI is InChI=1S/C51H81BN6O8/c1-8-9-10-11-12-13-14-15-16-17-18-19-45(59)58(7)46-36-21-23-42(64-27-25-54)39(30-36)38-28-35(20-22-41(38)63-26-24-53)29-40(57-47(60)33(2)55-49(46)62)48(61)56-34(3)52-65-44-32-37-31-43(50(37,4)5)51(44,6)66-52/h20,22,28,30,33-34,37,40,43-44,46H,8-19,21,23-27,29,31-32,53-54H2,1-7H3,(H,55,62)(H,56,61)(H,57,60)/t33-,34-,37-,40-,43-,44+,46-,51-/m0/s1. The Labute approximate surface area is 395 Å². The molecule has 6 aliphatic rings. The number of unbranched alkanes of at least 4 members (excludes halogenated alkanes) is 10. The van der Waals surface area contributed by atoms with E-state index < -0.39 is 54.5 Å². The smallest absolute Gasteiger partial charge is 0.481 e. The number of allylic oxidation sites excluding steroid dienone is 3. The van der Waals surface area contributed by atoms with Gasteiger partial charge < -0.3 is 51.1 Å². The van der Waals surface area contributed by atoms with Gasteiger partial charge in [0, 0.05) is 50.5 Å². The summed E-state index contributed by atoms with van der Waals surface area (Å²) >= 11 is 0. The maximum atomic E-state index is 14.6. The fraction of sp³-hybridized carbons (Fsp3) is 0.725. The molecule has 66 heavy (non-hydrogen) atoms. The molecule has 4 aliphatic carbocycles. The van der Waals surface area contributed by atoms with Gasteiger partial charge in [0.25, 0.3) is 0 Å². The summed E-state index contributed by atoms with van der Waals surface area (Å²) < 4.78 is 25.7. The Morgan fingerprint density at radius 1 is 0.924 bits per heavy atom. The van der Waals surface area contributed by atoms with E-state index in [0.717, 1.165) is 44.1 Å². The van der Waals surface area contributed by atoms with Crippen molar-refractivity contribution in [1.82, 2.24) is 20.9 Å². The van der Waals surface area contributed by atoms with Gasteiger partial charge in [-0.1, -0.05) is 91.0 Å². The number of rotatable bonds is 22. The van der Waals surface area contributed by atoms with Crippen LogP contribution in [-0.2, 0) is 39.6 Å². The van der Waals surface area contributed by atoms with Gasteiger partial charge in [-0.05, 0) is 93.1 Å². The zero-order chi connectivity index (χ0) is 47.6. The molecule has 15 heteroatoms. The summed E-state index contributed by atoms with van der Waals surface area (Å²) in [6.07, 6.45) is 18.0. The Balaban J connectivity index is 1.24. The molecule has 1 aromatic rings. The lowest BCUT2D eigenvalue weighted by atomic mass is 9.43. The minimum absolute atomic E-state index is 0.0549. The number of nitrogens with zero attached hydrogens (tertiary/aromatic N) is 1. The van der Waals surface area contributed by atoms with Crippen LogP contribution in [0, 0.1) is 17.3 Å². The highest BCUT2D eigenvalue weighted by Crippen LogP contribution is 2.65. The average molecular weight is 917 g/mol. The third kappa shape index (κ3) is 12.0. The number of fused-ring (bicyclic) bond motifs is 4. The summed E-state index contributed by atoms with van der Waals surface area (Å²) in [6, 6.07) is 2.57. The predicted molar refractivity (Wildman–Crippen MR) is 259 cm³/mol. The van der Waals surface area contributed by atoms with E-state index in [1.165, 1.54) is 49.8 Å². The van der Waals surface area contributed by atoms with E-state index >= 15 is 0 Å². The topological polar surface area (TPSA) is 197 Å². The summed E-state index contributed by atoms with van der Waals surface area (Å²) in [4.78, 5) is 58.6. The van der Waals surface area contributed by atoms with Crippen molar-refractivity contribution in [2.75, 3.05) is 33.4 Å². The van der Waals surface area contributed by atoms with E-state index in [2.05, 4.69) is 43.6 Å². The van der Waals surface area contributed by atoms with Crippen molar-refractivity contribution in [2.45, 2.75) is 186 Å². The van der Waals surface area contributed by atoms with Crippen molar-refractivity contribution in [3.8, 4) is 5.75 Å². The summed E-state index contributed by atoms with van der Waals surface area (Å²) in [6.45, 7) is 13.6. The average Bonchev–Trinajstić information content (AvgIpc) is 3.66. The number of hydrogen-bond donors (Lipinski definition) is 5. The molecular weight excluding hydrogens is 835 g/mol. The van der Waals surface area contributed by atoms with E-state index in [1.54, 1.807) is 14.0 Å². The lowest BCUT2D eigenvalue weighted by Gasteiger charge is -2.64. The second-order valence-electron chi connectivity index (χ2n) is 20.5. The van der Waals surface area contributed by atoms with Crippen molar-refractivity contribution in [1.29, 1.82) is 0 Å². The van der Waals surface area contributed by atoms with Crippen molar-refractivity contribution in [3.63, 3.8) is 0 Å². The van der Waals surface area contributed by atoms with Crippen LogP contribution in [-0.4, -0.2) is 105 Å². The van der Waals surface area contributed by atoms with Gasteiger partial charge >= 0.3 is 7.12 Å². The highest BCUT2D eigenvalue weighted by Gasteiger charge is 2.68. The zero-order valence-corrected chi connectivity index (χ0v) is 41.1. The number of likely N-dealkylation sites (N-methyl/N-ethyl adjacent to an activating group) is 1. The van der Waals surface area contributed by atoms with Crippen LogP contribution >= 0.6 is 0 Å². The molecule has 3 saturated carbocycles. The van der Waals surface area contributed by atoms with E-state index in [-0.39, 0.29) is 43.6 Å². The van der Waals surface area contributed by atoms with Crippen molar-refractivity contribution in [3.05, 3.63) is 46.7 Å². The second kappa shape index (κ2) is 23.4. The van der Waals surface area contributed by atoms with Crippen LogP contribution in [0.15, 0.2) is 35.6 Å². The third-order valence-electron chi connectivity index (χ3n) is 15.3. The summed E-state index contributed by atoms with van der Waals surface area (Å²) in [5.74, 6) is 0.0477.